The van der Waals surface area contributed by atoms with Crippen LogP contribution in [0.5, 0.6) is 0 Å². The van der Waals surface area contributed by atoms with Crippen molar-refractivity contribution in [3.8, 4) is 0 Å². The zero-order valence-electron chi connectivity index (χ0n) is 19.9. The van der Waals surface area contributed by atoms with Gasteiger partial charge in [0.2, 0.25) is 5.76 Å². The number of benzene rings is 2. The van der Waals surface area contributed by atoms with Crippen molar-refractivity contribution in [2.75, 3.05) is 4.90 Å². The molecule has 0 N–H and O–H groups in total. The van der Waals surface area contributed by atoms with E-state index < -0.39 is 11.9 Å². The third-order valence-corrected chi connectivity index (χ3v) is 7.99. The number of carbonyl (C=O) groups excluding carboxylic acids is 2. The van der Waals surface area contributed by atoms with Crippen molar-refractivity contribution >= 4 is 55.1 Å². The largest absolute Gasteiger partial charge is 0.450 e. The topological polar surface area (TPSA) is 80.5 Å². The van der Waals surface area contributed by atoms with E-state index in [1.54, 1.807) is 25.1 Å². The maximum Gasteiger partial charge on any atom is 0.297 e. The monoisotopic (exact) mass is 550 g/mol. The molecular weight excluding hydrogens is 528 g/mol. The van der Waals surface area contributed by atoms with Gasteiger partial charge in [-0.1, -0.05) is 72.3 Å². The minimum Gasteiger partial charge on any atom is -0.450 e. The molecule has 35 heavy (non-hydrogen) atoms. The summed E-state index contributed by atoms with van der Waals surface area (Å²) >= 11 is 4.57. The summed E-state index contributed by atoms with van der Waals surface area (Å²) in [5, 5.41) is 0.752. The molecule has 0 aliphatic carbocycles. The number of ketones is 1. The van der Waals surface area contributed by atoms with Crippen LogP contribution in [0.25, 0.3) is 11.0 Å². The predicted octanol–water partition coefficient (Wildman–Crippen LogP) is 6.57. The Bertz CT molecular complexity index is 1580. The second-order valence-electron chi connectivity index (χ2n) is 9.73. The van der Waals surface area contributed by atoms with E-state index in [4.69, 9.17) is 4.42 Å². The molecule has 0 fully saturated rings. The molecule has 3 heterocycles. The molecule has 1 unspecified atom stereocenters. The van der Waals surface area contributed by atoms with Crippen LogP contribution in [-0.4, -0.2) is 16.7 Å². The summed E-state index contributed by atoms with van der Waals surface area (Å²) in [6, 6.07) is 12.3. The number of thiazole rings is 1. The first-order valence-electron chi connectivity index (χ1n) is 11.2. The van der Waals surface area contributed by atoms with Crippen molar-refractivity contribution in [3.63, 3.8) is 0 Å². The number of halogens is 1. The molecule has 0 radical (unpaired) electrons. The van der Waals surface area contributed by atoms with Crippen molar-refractivity contribution < 1.29 is 14.0 Å². The van der Waals surface area contributed by atoms with E-state index in [0.717, 1.165) is 26.9 Å². The summed E-state index contributed by atoms with van der Waals surface area (Å²) in [5.41, 5.74) is 2.76. The molecule has 5 rings (SSSR count). The van der Waals surface area contributed by atoms with Crippen molar-refractivity contribution in [1.82, 2.24) is 4.98 Å². The zero-order chi connectivity index (χ0) is 25.2. The van der Waals surface area contributed by atoms with E-state index >= 15 is 0 Å². The number of fused-ring (bicyclic) bond motifs is 2. The number of hydrogen-bond donors (Lipinski definition) is 0. The number of nitrogens with zero attached hydrogens (tertiary/aromatic N) is 2. The van der Waals surface area contributed by atoms with Crippen molar-refractivity contribution in [1.29, 1.82) is 0 Å². The van der Waals surface area contributed by atoms with Crippen LogP contribution in [0.4, 0.5) is 5.13 Å². The van der Waals surface area contributed by atoms with Crippen LogP contribution in [0.1, 0.15) is 76.3 Å². The second kappa shape index (κ2) is 8.24. The normalized spacial score (nSPS) is 15.7. The molecule has 1 amide bonds. The predicted molar refractivity (Wildman–Crippen MR) is 141 cm³/mol. The lowest BCUT2D eigenvalue weighted by atomic mass is 9.86. The number of rotatable bonds is 3. The van der Waals surface area contributed by atoms with Gasteiger partial charge in [-0.2, -0.15) is 0 Å². The third kappa shape index (κ3) is 3.85. The number of aromatic nitrogens is 1. The number of Topliss-reactive ketones (excluding diaryl/α,β-unsaturated/α-hetero) is 1. The lowest BCUT2D eigenvalue weighted by molar-refractivity contribution is 0.0969. The van der Waals surface area contributed by atoms with Gasteiger partial charge in [0.1, 0.15) is 5.58 Å². The van der Waals surface area contributed by atoms with Crippen molar-refractivity contribution in [3.05, 3.63) is 90.2 Å². The minimum absolute atomic E-state index is 0.00643. The summed E-state index contributed by atoms with van der Waals surface area (Å²) in [7, 11) is 0. The van der Waals surface area contributed by atoms with E-state index in [9.17, 15) is 14.4 Å². The highest BCUT2D eigenvalue weighted by atomic mass is 79.9. The highest BCUT2D eigenvalue weighted by Crippen LogP contribution is 2.43. The van der Waals surface area contributed by atoms with Gasteiger partial charge in [-0.3, -0.25) is 19.3 Å². The van der Waals surface area contributed by atoms with Gasteiger partial charge in [-0.05, 0) is 41.7 Å². The van der Waals surface area contributed by atoms with Crippen LogP contribution >= 0.6 is 27.3 Å². The summed E-state index contributed by atoms with van der Waals surface area (Å²) in [4.78, 5) is 46.1. The fourth-order valence-corrected chi connectivity index (χ4v) is 5.79. The molecule has 0 saturated heterocycles. The van der Waals surface area contributed by atoms with Gasteiger partial charge in [0.05, 0.1) is 27.6 Å². The number of anilines is 1. The molecule has 0 bridgehead atoms. The fourth-order valence-electron chi connectivity index (χ4n) is 4.44. The van der Waals surface area contributed by atoms with Crippen LogP contribution < -0.4 is 10.3 Å². The average Bonchev–Trinajstić information content (AvgIpc) is 3.31. The van der Waals surface area contributed by atoms with Crippen LogP contribution in [-0.2, 0) is 5.41 Å². The Labute approximate surface area is 214 Å². The summed E-state index contributed by atoms with van der Waals surface area (Å²) < 4.78 is 6.76. The van der Waals surface area contributed by atoms with Gasteiger partial charge in [-0.15, -0.1) is 0 Å². The third-order valence-electron chi connectivity index (χ3n) is 6.24. The highest BCUT2D eigenvalue weighted by molar-refractivity contribution is 9.10. The van der Waals surface area contributed by atoms with Gasteiger partial charge < -0.3 is 4.42 Å². The average molecular weight is 551 g/mol. The minimum atomic E-state index is -0.725. The summed E-state index contributed by atoms with van der Waals surface area (Å²) in [5.74, 6) is -0.561. The number of carbonyl (C=O) groups is 2. The maximum atomic E-state index is 13.8. The maximum absolute atomic E-state index is 13.8. The van der Waals surface area contributed by atoms with Crippen LogP contribution in [0, 0.1) is 6.92 Å². The van der Waals surface area contributed by atoms with Gasteiger partial charge in [-0.25, -0.2) is 4.98 Å². The zero-order valence-corrected chi connectivity index (χ0v) is 22.3. The molecule has 1 aliphatic rings. The van der Waals surface area contributed by atoms with Gasteiger partial charge in [0.25, 0.3) is 5.91 Å². The SMILES string of the molecule is CC(=O)c1sc(N2C(=O)c3oc4ccc(Br)cc4c(=O)c3C2c2ccc(C(C)(C)C)cc2)nc1C. The Morgan fingerprint density at radius 2 is 1.80 bits per heavy atom. The molecule has 8 heteroatoms. The molecule has 0 spiro atoms. The molecule has 6 nitrogen and oxygen atoms in total. The Balaban J connectivity index is 1.77. The standard InChI is InChI=1S/C27H23BrN2O4S/c1-13-24(14(2)31)35-26(29-13)30-21(15-6-8-16(9-7-15)27(3,4)5)20-22(32)18-12-17(28)10-11-19(18)34-23(20)25(30)33/h6-12,21H,1-5H3. The molecule has 1 atom stereocenters. The smallest absolute Gasteiger partial charge is 0.297 e. The van der Waals surface area contributed by atoms with Gasteiger partial charge in [0, 0.05) is 11.4 Å². The lowest BCUT2D eigenvalue weighted by Crippen LogP contribution is -2.29. The summed E-state index contributed by atoms with van der Waals surface area (Å²) in [6.07, 6.45) is 0. The molecule has 178 valence electrons. The lowest BCUT2D eigenvalue weighted by Gasteiger charge is -2.24. The fraction of sp³-hybridized carbons (Fsp3) is 0.259. The Kier molecular flexibility index (Phi) is 5.56. The van der Waals surface area contributed by atoms with E-state index in [1.807, 2.05) is 24.3 Å². The van der Waals surface area contributed by atoms with Crippen molar-refractivity contribution in [2.24, 2.45) is 0 Å². The Morgan fingerprint density at radius 3 is 2.40 bits per heavy atom. The quantitative estimate of drug-likeness (QED) is 0.269. The second-order valence-corrected chi connectivity index (χ2v) is 11.6. The molecule has 4 aromatic rings. The summed E-state index contributed by atoms with van der Waals surface area (Å²) in [6.45, 7) is 9.60. The van der Waals surface area contributed by atoms with E-state index in [2.05, 4.69) is 41.7 Å². The van der Waals surface area contributed by atoms with Crippen LogP contribution in [0.3, 0.4) is 0 Å². The Hall–Kier alpha value is -3.10. The molecular formula is C27H23BrN2O4S. The molecule has 2 aromatic heterocycles. The first kappa shape index (κ1) is 23.6. The van der Waals surface area contributed by atoms with Crippen molar-refractivity contribution in [2.45, 2.75) is 46.1 Å². The van der Waals surface area contributed by atoms with E-state index in [0.29, 0.717) is 26.7 Å². The first-order chi connectivity index (χ1) is 16.5. The first-order valence-corrected chi connectivity index (χ1v) is 12.8. The van der Waals surface area contributed by atoms with Crippen LogP contribution in [0.15, 0.2) is 56.1 Å². The van der Waals surface area contributed by atoms with E-state index in [-0.39, 0.29) is 28.0 Å². The van der Waals surface area contributed by atoms with Gasteiger partial charge >= 0.3 is 0 Å². The molecule has 2 aromatic carbocycles. The molecule has 1 aliphatic heterocycles. The van der Waals surface area contributed by atoms with Gasteiger partial charge in [0.15, 0.2) is 16.3 Å². The number of hydrogen-bond acceptors (Lipinski definition) is 6. The molecule has 0 saturated carbocycles. The number of aryl methyl sites for hydroxylation is 1. The van der Waals surface area contributed by atoms with Crippen LogP contribution in [0.2, 0.25) is 0 Å². The number of amides is 1. The highest BCUT2D eigenvalue weighted by Gasteiger charge is 2.45. The Morgan fingerprint density at radius 1 is 1.11 bits per heavy atom. The van der Waals surface area contributed by atoms with E-state index in [1.165, 1.54) is 11.8 Å².